The van der Waals surface area contributed by atoms with Crippen LogP contribution in [0.15, 0.2) is 54.6 Å². The van der Waals surface area contributed by atoms with Crippen LogP contribution in [0.3, 0.4) is 0 Å². The predicted octanol–water partition coefficient (Wildman–Crippen LogP) is 3.69. The topological polar surface area (TPSA) is 29.3 Å². The lowest BCUT2D eigenvalue weighted by Gasteiger charge is -2.24. The number of benzene rings is 2. The van der Waals surface area contributed by atoms with Crippen LogP contribution in [-0.4, -0.2) is 24.0 Å². The van der Waals surface area contributed by atoms with Crippen LogP contribution in [0.2, 0.25) is 0 Å². The van der Waals surface area contributed by atoms with Gasteiger partial charge in [0.1, 0.15) is 0 Å². The fourth-order valence-corrected chi connectivity index (χ4v) is 3.14. The molecule has 0 aliphatic carbocycles. The van der Waals surface area contributed by atoms with Crippen LogP contribution in [0.25, 0.3) is 11.1 Å². The van der Waals surface area contributed by atoms with Gasteiger partial charge in [-0.05, 0) is 29.5 Å². The van der Waals surface area contributed by atoms with Gasteiger partial charge in [0.25, 0.3) is 0 Å². The van der Waals surface area contributed by atoms with Crippen LogP contribution in [0.1, 0.15) is 25.5 Å². The molecular weight excluding hydrogens is 256 g/mol. The molecule has 2 N–H and O–H groups in total. The Bertz CT molecular complexity index is 566. The maximum Gasteiger partial charge on any atom is 0.0320 e. The lowest BCUT2D eigenvalue weighted by atomic mass is 10.0. The molecule has 0 amide bonds. The maximum absolute atomic E-state index is 6.14. The van der Waals surface area contributed by atoms with Gasteiger partial charge in [-0.2, -0.15) is 0 Å². The van der Waals surface area contributed by atoms with E-state index in [4.69, 9.17) is 5.73 Å². The molecule has 1 aliphatic rings. The molecule has 1 fully saturated rings. The van der Waals surface area contributed by atoms with Crippen molar-refractivity contribution in [1.29, 1.82) is 0 Å². The zero-order valence-electron chi connectivity index (χ0n) is 12.9. The lowest BCUT2D eigenvalue weighted by molar-refractivity contribution is 0.253. The normalized spacial score (nSPS) is 24.1. The van der Waals surface area contributed by atoms with E-state index in [1.54, 1.807) is 0 Å². The van der Waals surface area contributed by atoms with Crippen LogP contribution >= 0.6 is 0 Å². The van der Waals surface area contributed by atoms with Crippen molar-refractivity contribution >= 4 is 0 Å². The van der Waals surface area contributed by atoms with Crippen LogP contribution in [-0.2, 0) is 0 Å². The first-order chi connectivity index (χ1) is 10.1. The van der Waals surface area contributed by atoms with Gasteiger partial charge in [-0.3, -0.25) is 4.90 Å². The summed E-state index contributed by atoms with van der Waals surface area (Å²) in [6.45, 7) is 6.63. The minimum Gasteiger partial charge on any atom is -0.326 e. The van der Waals surface area contributed by atoms with Crippen LogP contribution in [0, 0.1) is 5.92 Å². The number of rotatable bonds is 3. The maximum atomic E-state index is 6.14. The highest BCUT2D eigenvalue weighted by molar-refractivity contribution is 5.63. The molecule has 3 atom stereocenters. The third-order valence-corrected chi connectivity index (χ3v) is 4.75. The van der Waals surface area contributed by atoms with Crippen molar-refractivity contribution in [3.63, 3.8) is 0 Å². The first-order valence-corrected chi connectivity index (χ1v) is 7.80. The molecule has 2 nitrogen and oxygen atoms in total. The van der Waals surface area contributed by atoms with E-state index in [9.17, 15) is 0 Å². The molecule has 21 heavy (non-hydrogen) atoms. The Labute approximate surface area is 127 Å². The van der Waals surface area contributed by atoms with Gasteiger partial charge in [-0.15, -0.1) is 0 Å². The van der Waals surface area contributed by atoms with Crippen molar-refractivity contribution in [1.82, 2.24) is 4.90 Å². The molecule has 1 saturated heterocycles. The molecule has 3 unspecified atom stereocenters. The summed E-state index contributed by atoms with van der Waals surface area (Å²) in [6.07, 6.45) is 0. The summed E-state index contributed by atoms with van der Waals surface area (Å²) in [5.74, 6) is 0.594. The highest BCUT2D eigenvalue weighted by Gasteiger charge is 2.29. The molecule has 0 spiro atoms. The van der Waals surface area contributed by atoms with Gasteiger partial charge in [-0.1, -0.05) is 61.5 Å². The van der Waals surface area contributed by atoms with Gasteiger partial charge in [0, 0.05) is 25.2 Å². The Morgan fingerprint density at radius 1 is 0.952 bits per heavy atom. The standard InChI is InChI=1S/C19H24N2/c1-14-12-21(13-19(14)20)15(2)16-8-10-18(11-9-16)17-6-4-3-5-7-17/h3-11,14-15,19H,12-13,20H2,1-2H3. The minimum absolute atomic E-state index is 0.316. The number of nitrogens with zero attached hydrogens (tertiary/aromatic N) is 1. The molecule has 3 rings (SSSR count). The number of hydrogen-bond donors (Lipinski definition) is 1. The second kappa shape index (κ2) is 6.00. The summed E-state index contributed by atoms with van der Waals surface area (Å²) in [5.41, 5.74) is 10.1. The number of nitrogens with two attached hydrogens (primary N) is 1. The van der Waals surface area contributed by atoms with Crippen LogP contribution in [0.5, 0.6) is 0 Å². The lowest BCUT2D eigenvalue weighted by Crippen LogP contribution is -2.29. The summed E-state index contributed by atoms with van der Waals surface area (Å²) in [6, 6.07) is 20.2. The fraction of sp³-hybridized carbons (Fsp3) is 0.368. The molecule has 0 saturated carbocycles. The molecule has 110 valence electrons. The fourth-order valence-electron chi connectivity index (χ4n) is 3.14. The van der Waals surface area contributed by atoms with Crippen molar-refractivity contribution in [3.8, 4) is 11.1 Å². The SMILES string of the molecule is CC1CN(C(C)c2ccc(-c3ccccc3)cc2)CC1N. The summed E-state index contributed by atoms with van der Waals surface area (Å²) in [7, 11) is 0. The Balaban J connectivity index is 1.75. The third kappa shape index (κ3) is 3.02. The zero-order chi connectivity index (χ0) is 14.8. The molecule has 0 bridgehead atoms. The molecule has 0 aromatic heterocycles. The Morgan fingerprint density at radius 2 is 1.57 bits per heavy atom. The van der Waals surface area contributed by atoms with E-state index in [1.165, 1.54) is 16.7 Å². The van der Waals surface area contributed by atoms with Gasteiger partial charge >= 0.3 is 0 Å². The van der Waals surface area contributed by atoms with Gasteiger partial charge in [-0.25, -0.2) is 0 Å². The predicted molar refractivity (Wildman–Crippen MR) is 89.0 cm³/mol. The monoisotopic (exact) mass is 280 g/mol. The average molecular weight is 280 g/mol. The summed E-state index contributed by atoms with van der Waals surface area (Å²) in [4.78, 5) is 2.49. The number of hydrogen-bond acceptors (Lipinski definition) is 2. The zero-order valence-corrected chi connectivity index (χ0v) is 12.9. The smallest absolute Gasteiger partial charge is 0.0320 e. The quantitative estimate of drug-likeness (QED) is 0.929. The molecule has 1 heterocycles. The van der Waals surface area contributed by atoms with E-state index in [-0.39, 0.29) is 0 Å². The van der Waals surface area contributed by atoms with E-state index in [1.807, 2.05) is 0 Å². The molecule has 0 radical (unpaired) electrons. The Kier molecular flexibility index (Phi) is 4.09. The molecular formula is C19H24N2. The van der Waals surface area contributed by atoms with Crippen molar-refractivity contribution in [3.05, 3.63) is 60.2 Å². The summed E-state index contributed by atoms with van der Waals surface area (Å²) < 4.78 is 0. The van der Waals surface area contributed by atoms with Crippen molar-refractivity contribution in [2.75, 3.05) is 13.1 Å². The van der Waals surface area contributed by atoms with E-state index in [0.717, 1.165) is 13.1 Å². The third-order valence-electron chi connectivity index (χ3n) is 4.75. The summed E-state index contributed by atoms with van der Waals surface area (Å²) >= 11 is 0. The van der Waals surface area contributed by atoms with E-state index < -0.39 is 0 Å². The van der Waals surface area contributed by atoms with E-state index in [0.29, 0.717) is 18.0 Å². The second-order valence-corrected chi connectivity index (χ2v) is 6.26. The van der Waals surface area contributed by atoms with Crippen LogP contribution < -0.4 is 5.73 Å². The summed E-state index contributed by atoms with van der Waals surface area (Å²) in [5, 5.41) is 0. The van der Waals surface area contributed by atoms with Gasteiger partial charge in [0.15, 0.2) is 0 Å². The average Bonchev–Trinajstić information content (AvgIpc) is 2.87. The highest BCUT2D eigenvalue weighted by atomic mass is 15.2. The van der Waals surface area contributed by atoms with Crippen molar-refractivity contribution in [2.45, 2.75) is 25.9 Å². The van der Waals surface area contributed by atoms with Gasteiger partial charge < -0.3 is 5.73 Å². The molecule has 2 aromatic rings. The molecule has 2 heteroatoms. The van der Waals surface area contributed by atoms with E-state index in [2.05, 4.69) is 73.3 Å². The van der Waals surface area contributed by atoms with Crippen molar-refractivity contribution in [2.24, 2.45) is 11.7 Å². The first-order valence-electron chi connectivity index (χ1n) is 7.80. The Hall–Kier alpha value is -1.64. The minimum atomic E-state index is 0.316. The van der Waals surface area contributed by atoms with Gasteiger partial charge in [0.2, 0.25) is 0 Å². The first kappa shape index (κ1) is 14.3. The molecule has 1 aliphatic heterocycles. The van der Waals surface area contributed by atoms with E-state index >= 15 is 0 Å². The largest absolute Gasteiger partial charge is 0.326 e. The molecule has 2 aromatic carbocycles. The van der Waals surface area contributed by atoms with Gasteiger partial charge in [0.05, 0.1) is 0 Å². The number of likely N-dealkylation sites (tertiary alicyclic amines) is 1. The second-order valence-electron chi connectivity index (χ2n) is 6.26. The Morgan fingerprint density at radius 3 is 2.14 bits per heavy atom. The highest BCUT2D eigenvalue weighted by Crippen LogP contribution is 2.28. The van der Waals surface area contributed by atoms with Crippen LogP contribution in [0.4, 0.5) is 0 Å². The van der Waals surface area contributed by atoms with Crippen molar-refractivity contribution < 1.29 is 0 Å².